The van der Waals surface area contributed by atoms with Crippen LogP contribution in [0.5, 0.6) is 5.75 Å². The average molecular weight is 336 g/mol. The van der Waals surface area contributed by atoms with Gasteiger partial charge in [0.05, 0.1) is 0 Å². The second-order valence-corrected chi connectivity index (χ2v) is 6.57. The van der Waals surface area contributed by atoms with Gasteiger partial charge in [-0.15, -0.1) is 0 Å². The van der Waals surface area contributed by atoms with Crippen LogP contribution < -0.4 is 10.2 Å². The number of amides is 1. The van der Waals surface area contributed by atoms with Crippen molar-refractivity contribution in [2.24, 2.45) is 11.0 Å². The van der Waals surface area contributed by atoms with Gasteiger partial charge in [0.15, 0.2) is 6.61 Å². The number of hydrogen-bond acceptors (Lipinski definition) is 3. The molecule has 4 heteroatoms. The molecule has 1 fully saturated rings. The Morgan fingerprint density at radius 3 is 2.72 bits per heavy atom. The van der Waals surface area contributed by atoms with Crippen molar-refractivity contribution in [1.82, 2.24) is 5.43 Å². The second kappa shape index (κ2) is 8.47. The largest absolute Gasteiger partial charge is 0.483 e. The summed E-state index contributed by atoms with van der Waals surface area (Å²) in [6.07, 6.45) is 4.34. The molecule has 1 N–H and O–H groups in total. The van der Waals surface area contributed by atoms with Gasteiger partial charge in [0.1, 0.15) is 5.75 Å². The maximum atomic E-state index is 12.0. The Morgan fingerprint density at radius 2 is 1.92 bits per heavy atom. The lowest BCUT2D eigenvalue weighted by molar-refractivity contribution is -0.123. The molecule has 25 heavy (non-hydrogen) atoms. The van der Waals surface area contributed by atoms with E-state index < -0.39 is 0 Å². The van der Waals surface area contributed by atoms with Gasteiger partial charge in [-0.1, -0.05) is 55.5 Å². The average Bonchev–Trinajstić information content (AvgIpc) is 2.66. The molecule has 0 unspecified atom stereocenters. The number of nitrogens with one attached hydrogen (secondary N) is 1. The first kappa shape index (κ1) is 17.2. The Labute approximate surface area is 148 Å². The van der Waals surface area contributed by atoms with E-state index in [9.17, 15) is 4.79 Å². The van der Waals surface area contributed by atoms with Crippen molar-refractivity contribution < 1.29 is 9.53 Å². The minimum absolute atomic E-state index is 0.0455. The number of rotatable bonds is 5. The van der Waals surface area contributed by atoms with E-state index in [1.54, 1.807) is 0 Å². The summed E-state index contributed by atoms with van der Waals surface area (Å²) < 4.78 is 5.73. The van der Waals surface area contributed by atoms with Crippen LogP contribution in [0, 0.1) is 5.92 Å². The molecule has 0 saturated heterocycles. The SMILES string of the molecule is C[C@@H]1CCC/C(=N/NC(=O)COc2ccccc2-c2ccccc2)C1. The van der Waals surface area contributed by atoms with E-state index >= 15 is 0 Å². The summed E-state index contributed by atoms with van der Waals surface area (Å²) in [5.74, 6) is 1.12. The fourth-order valence-electron chi connectivity index (χ4n) is 3.13. The fraction of sp³-hybridized carbons (Fsp3) is 0.333. The quantitative estimate of drug-likeness (QED) is 0.822. The van der Waals surface area contributed by atoms with Gasteiger partial charge >= 0.3 is 0 Å². The van der Waals surface area contributed by atoms with Crippen molar-refractivity contribution in [2.45, 2.75) is 32.6 Å². The standard InChI is InChI=1S/C21H24N2O2/c1-16-8-7-11-18(14-16)22-23-21(24)15-25-20-13-6-5-12-19(20)17-9-3-2-4-10-17/h2-6,9-10,12-13,16H,7-8,11,14-15H2,1H3,(H,23,24)/b22-18-/t16-/m1/s1. The molecular weight excluding hydrogens is 312 g/mol. The first-order valence-corrected chi connectivity index (χ1v) is 8.84. The van der Waals surface area contributed by atoms with E-state index in [1.165, 1.54) is 6.42 Å². The summed E-state index contributed by atoms with van der Waals surface area (Å²) in [7, 11) is 0. The highest BCUT2D eigenvalue weighted by molar-refractivity contribution is 5.87. The lowest BCUT2D eigenvalue weighted by Gasteiger charge is -2.19. The van der Waals surface area contributed by atoms with Gasteiger partial charge in [0.2, 0.25) is 0 Å². The minimum atomic E-state index is -0.228. The van der Waals surface area contributed by atoms with Crippen LogP contribution in [0.4, 0.5) is 0 Å². The number of nitrogens with zero attached hydrogens (tertiary/aromatic N) is 1. The molecule has 0 radical (unpaired) electrons. The molecule has 2 aromatic rings. The molecule has 0 aliphatic heterocycles. The third kappa shape index (κ3) is 4.92. The summed E-state index contributed by atoms with van der Waals surface area (Å²) in [6.45, 7) is 2.18. The minimum Gasteiger partial charge on any atom is -0.483 e. The predicted octanol–water partition coefficient (Wildman–Crippen LogP) is 4.41. The van der Waals surface area contributed by atoms with Crippen LogP contribution in [0.3, 0.4) is 0 Å². The van der Waals surface area contributed by atoms with E-state index in [2.05, 4.69) is 17.5 Å². The third-order valence-electron chi connectivity index (χ3n) is 4.42. The van der Waals surface area contributed by atoms with Crippen LogP contribution in [0.25, 0.3) is 11.1 Å². The monoisotopic (exact) mass is 336 g/mol. The molecule has 1 atom stereocenters. The van der Waals surface area contributed by atoms with Crippen LogP contribution in [-0.2, 0) is 4.79 Å². The molecule has 2 aromatic carbocycles. The molecule has 1 amide bonds. The highest BCUT2D eigenvalue weighted by atomic mass is 16.5. The smallest absolute Gasteiger partial charge is 0.277 e. The molecule has 1 aliphatic carbocycles. The van der Waals surface area contributed by atoms with Crippen molar-refractivity contribution in [3.8, 4) is 16.9 Å². The van der Waals surface area contributed by atoms with Crippen LogP contribution in [0.1, 0.15) is 32.6 Å². The summed E-state index contributed by atoms with van der Waals surface area (Å²) in [4.78, 5) is 12.0. The van der Waals surface area contributed by atoms with Gasteiger partial charge in [-0.3, -0.25) is 4.79 Å². The molecule has 0 heterocycles. The molecule has 130 valence electrons. The molecular formula is C21H24N2O2. The number of ether oxygens (including phenoxy) is 1. The zero-order valence-corrected chi connectivity index (χ0v) is 14.6. The lowest BCUT2D eigenvalue weighted by atomic mass is 9.89. The van der Waals surface area contributed by atoms with E-state index in [-0.39, 0.29) is 12.5 Å². The van der Waals surface area contributed by atoms with E-state index in [0.717, 1.165) is 36.1 Å². The van der Waals surface area contributed by atoms with E-state index in [1.807, 2.05) is 54.6 Å². The maximum Gasteiger partial charge on any atom is 0.277 e. The molecule has 3 rings (SSSR count). The van der Waals surface area contributed by atoms with Crippen molar-refractivity contribution in [3.63, 3.8) is 0 Å². The Bertz CT molecular complexity index is 741. The van der Waals surface area contributed by atoms with Crippen molar-refractivity contribution >= 4 is 11.6 Å². The van der Waals surface area contributed by atoms with E-state index in [0.29, 0.717) is 11.7 Å². The van der Waals surface area contributed by atoms with Crippen molar-refractivity contribution in [1.29, 1.82) is 0 Å². The molecule has 0 aromatic heterocycles. The first-order valence-electron chi connectivity index (χ1n) is 8.84. The number of para-hydroxylation sites is 1. The van der Waals surface area contributed by atoms with Crippen molar-refractivity contribution in [3.05, 3.63) is 54.6 Å². The third-order valence-corrected chi connectivity index (χ3v) is 4.42. The normalized spacial score (nSPS) is 18.8. The van der Waals surface area contributed by atoms with Gasteiger partial charge in [-0.2, -0.15) is 5.10 Å². The molecule has 4 nitrogen and oxygen atoms in total. The Balaban J connectivity index is 1.59. The van der Waals surface area contributed by atoms with E-state index in [4.69, 9.17) is 4.74 Å². The number of benzene rings is 2. The first-order chi connectivity index (χ1) is 12.2. The summed E-state index contributed by atoms with van der Waals surface area (Å²) in [5.41, 5.74) is 5.75. The Hall–Kier alpha value is -2.62. The summed E-state index contributed by atoms with van der Waals surface area (Å²) in [5, 5.41) is 4.26. The Kier molecular flexibility index (Phi) is 5.83. The topological polar surface area (TPSA) is 50.7 Å². The second-order valence-electron chi connectivity index (χ2n) is 6.57. The highest BCUT2D eigenvalue weighted by Gasteiger charge is 2.14. The number of hydrazone groups is 1. The molecule has 1 aliphatic rings. The number of hydrogen-bond donors (Lipinski definition) is 1. The zero-order chi connectivity index (χ0) is 17.5. The van der Waals surface area contributed by atoms with Gasteiger partial charge in [-0.25, -0.2) is 5.43 Å². The Morgan fingerprint density at radius 1 is 1.16 bits per heavy atom. The summed E-state index contributed by atoms with van der Waals surface area (Å²) in [6, 6.07) is 17.7. The molecule has 1 saturated carbocycles. The summed E-state index contributed by atoms with van der Waals surface area (Å²) >= 11 is 0. The van der Waals surface area contributed by atoms with Gasteiger partial charge < -0.3 is 4.74 Å². The maximum absolute atomic E-state index is 12.0. The van der Waals surface area contributed by atoms with Crippen LogP contribution in [0.15, 0.2) is 59.7 Å². The van der Waals surface area contributed by atoms with Gasteiger partial charge in [-0.05, 0) is 43.2 Å². The van der Waals surface area contributed by atoms with Crippen molar-refractivity contribution in [2.75, 3.05) is 6.61 Å². The van der Waals surface area contributed by atoms with Gasteiger partial charge in [0.25, 0.3) is 5.91 Å². The molecule has 0 bridgehead atoms. The number of carbonyl (C=O) groups is 1. The molecule has 0 spiro atoms. The van der Waals surface area contributed by atoms with Gasteiger partial charge in [0, 0.05) is 11.3 Å². The fourth-order valence-corrected chi connectivity index (χ4v) is 3.13. The number of carbonyl (C=O) groups excluding carboxylic acids is 1. The van der Waals surface area contributed by atoms with Crippen LogP contribution in [-0.4, -0.2) is 18.2 Å². The highest BCUT2D eigenvalue weighted by Crippen LogP contribution is 2.29. The predicted molar refractivity (Wildman–Crippen MR) is 101 cm³/mol. The van der Waals surface area contributed by atoms with Crippen LogP contribution in [0.2, 0.25) is 0 Å². The van der Waals surface area contributed by atoms with Crippen LogP contribution >= 0.6 is 0 Å². The zero-order valence-electron chi connectivity index (χ0n) is 14.6. The lowest BCUT2D eigenvalue weighted by Crippen LogP contribution is -2.27.